The maximum atomic E-state index is 12.1. The van der Waals surface area contributed by atoms with E-state index >= 15 is 0 Å². The second kappa shape index (κ2) is 6.17. The molecular formula is C13H17N3O3. The Morgan fingerprint density at radius 3 is 3.16 bits per heavy atom. The van der Waals surface area contributed by atoms with Gasteiger partial charge in [0.1, 0.15) is 5.69 Å². The molecule has 0 spiro atoms. The highest BCUT2D eigenvalue weighted by molar-refractivity contribution is 5.94. The van der Waals surface area contributed by atoms with Crippen LogP contribution in [0.15, 0.2) is 18.3 Å². The molecule has 1 aromatic heterocycles. The van der Waals surface area contributed by atoms with Crippen molar-refractivity contribution in [3.05, 3.63) is 18.3 Å². The summed E-state index contributed by atoms with van der Waals surface area (Å²) in [5.41, 5.74) is 0.561. The van der Waals surface area contributed by atoms with Crippen LogP contribution in [0, 0.1) is 5.92 Å². The van der Waals surface area contributed by atoms with Gasteiger partial charge in [-0.2, -0.15) is 0 Å². The third-order valence-corrected chi connectivity index (χ3v) is 2.95. The van der Waals surface area contributed by atoms with Gasteiger partial charge in [0.15, 0.2) is 0 Å². The zero-order valence-corrected chi connectivity index (χ0v) is 10.8. The molecule has 19 heavy (non-hydrogen) atoms. The molecule has 2 amide bonds. The SMILES string of the molecule is CCOc1ncccc1NC(=O)C1CCC(=O)NC1. The first-order valence-corrected chi connectivity index (χ1v) is 6.36. The molecule has 1 aliphatic heterocycles. The van der Waals surface area contributed by atoms with Crippen LogP contribution in [-0.2, 0) is 9.59 Å². The van der Waals surface area contributed by atoms with Crippen molar-refractivity contribution in [1.82, 2.24) is 10.3 Å². The summed E-state index contributed by atoms with van der Waals surface area (Å²) in [7, 11) is 0. The smallest absolute Gasteiger partial charge is 0.237 e. The molecule has 2 rings (SSSR count). The van der Waals surface area contributed by atoms with E-state index in [0.29, 0.717) is 37.6 Å². The summed E-state index contributed by atoms with van der Waals surface area (Å²) in [6, 6.07) is 3.48. The van der Waals surface area contributed by atoms with Gasteiger partial charge in [0, 0.05) is 19.2 Å². The van der Waals surface area contributed by atoms with Crippen LogP contribution in [0.2, 0.25) is 0 Å². The summed E-state index contributed by atoms with van der Waals surface area (Å²) >= 11 is 0. The normalized spacial score (nSPS) is 18.6. The summed E-state index contributed by atoms with van der Waals surface area (Å²) in [5.74, 6) is 0.0972. The fourth-order valence-electron chi connectivity index (χ4n) is 1.93. The van der Waals surface area contributed by atoms with Gasteiger partial charge in [-0.15, -0.1) is 0 Å². The second-order valence-corrected chi connectivity index (χ2v) is 4.32. The maximum Gasteiger partial charge on any atom is 0.237 e. The van der Waals surface area contributed by atoms with Gasteiger partial charge in [-0.1, -0.05) is 0 Å². The maximum absolute atomic E-state index is 12.1. The van der Waals surface area contributed by atoms with E-state index in [-0.39, 0.29) is 17.7 Å². The molecule has 1 saturated heterocycles. The Hall–Kier alpha value is -2.11. The summed E-state index contributed by atoms with van der Waals surface area (Å²) in [6.07, 6.45) is 2.58. The van der Waals surface area contributed by atoms with E-state index in [0.717, 1.165) is 0 Å². The van der Waals surface area contributed by atoms with Gasteiger partial charge in [-0.3, -0.25) is 9.59 Å². The van der Waals surface area contributed by atoms with Gasteiger partial charge >= 0.3 is 0 Å². The Labute approximate surface area is 111 Å². The first-order chi connectivity index (χ1) is 9.20. The van der Waals surface area contributed by atoms with Crippen molar-refractivity contribution in [1.29, 1.82) is 0 Å². The molecule has 2 heterocycles. The number of nitrogens with one attached hydrogen (secondary N) is 2. The number of aromatic nitrogens is 1. The number of pyridine rings is 1. The highest BCUT2D eigenvalue weighted by Crippen LogP contribution is 2.22. The standard InChI is InChI=1S/C13H17N3O3/c1-2-19-13-10(4-3-7-14-13)16-12(18)9-5-6-11(17)15-8-9/h3-4,7,9H,2,5-6,8H2,1H3,(H,15,17)(H,16,18). The van der Waals surface area contributed by atoms with Crippen molar-refractivity contribution in [3.8, 4) is 5.88 Å². The molecule has 102 valence electrons. The second-order valence-electron chi connectivity index (χ2n) is 4.32. The minimum absolute atomic E-state index is 0.000401. The summed E-state index contributed by atoms with van der Waals surface area (Å²) in [5, 5.41) is 5.49. The quantitative estimate of drug-likeness (QED) is 0.847. The van der Waals surface area contributed by atoms with Crippen molar-refractivity contribution in [2.45, 2.75) is 19.8 Å². The lowest BCUT2D eigenvalue weighted by molar-refractivity contribution is -0.126. The van der Waals surface area contributed by atoms with Crippen LogP contribution >= 0.6 is 0 Å². The molecule has 0 bridgehead atoms. The molecule has 6 heteroatoms. The van der Waals surface area contributed by atoms with Crippen molar-refractivity contribution in [2.75, 3.05) is 18.5 Å². The van der Waals surface area contributed by atoms with Gasteiger partial charge < -0.3 is 15.4 Å². The number of piperidine rings is 1. The number of nitrogens with zero attached hydrogens (tertiary/aromatic N) is 1. The number of hydrogen-bond donors (Lipinski definition) is 2. The van der Waals surface area contributed by atoms with Crippen LogP contribution in [-0.4, -0.2) is 29.9 Å². The third-order valence-electron chi connectivity index (χ3n) is 2.95. The average Bonchev–Trinajstić information content (AvgIpc) is 2.42. The third kappa shape index (κ3) is 3.43. The summed E-state index contributed by atoms with van der Waals surface area (Å²) in [6.45, 7) is 2.73. The van der Waals surface area contributed by atoms with Gasteiger partial charge in [-0.25, -0.2) is 4.98 Å². The minimum atomic E-state index is -0.201. The van der Waals surface area contributed by atoms with Gasteiger partial charge in [-0.05, 0) is 25.5 Å². The number of ether oxygens (including phenoxy) is 1. The Morgan fingerprint density at radius 2 is 2.47 bits per heavy atom. The molecule has 1 aliphatic rings. The van der Waals surface area contributed by atoms with Crippen molar-refractivity contribution >= 4 is 17.5 Å². The van der Waals surface area contributed by atoms with Gasteiger partial charge in [0.2, 0.25) is 17.7 Å². The topological polar surface area (TPSA) is 80.3 Å². The lowest BCUT2D eigenvalue weighted by Gasteiger charge is -2.21. The minimum Gasteiger partial charge on any atom is -0.476 e. The Kier molecular flexibility index (Phi) is 4.33. The zero-order valence-electron chi connectivity index (χ0n) is 10.8. The molecule has 0 radical (unpaired) electrons. The molecule has 0 aliphatic carbocycles. The van der Waals surface area contributed by atoms with E-state index in [2.05, 4.69) is 15.6 Å². The van der Waals surface area contributed by atoms with Crippen LogP contribution in [0.1, 0.15) is 19.8 Å². The fourth-order valence-corrected chi connectivity index (χ4v) is 1.93. The molecule has 0 saturated carbocycles. The van der Waals surface area contributed by atoms with Crippen LogP contribution in [0.3, 0.4) is 0 Å². The van der Waals surface area contributed by atoms with Crippen molar-refractivity contribution in [3.63, 3.8) is 0 Å². The van der Waals surface area contributed by atoms with Crippen LogP contribution in [0.4, 0.5) is 5.69 Å². The number of amides is 2. The van der Waals surface area contributed by atoms with Crippen LogP contribution in [0.25, 0.3) is 0 Å². The lowest BCUT2D eigenvalue weighted by atomic mass is 9.98. The molecule has 1 unspecified atom stereocenters. The van der Waals surface area contributed by atoms with Crippen LogP contribution in [0.5, 0.6) is 5.88 Å². The number of rotatable bonds is 4. The molecule has 2 N–H and O–H groups in total. The fraction of sp³-hybridized carbons (Fsp3) is 0.462. The number of carbonyl (C=O) groups excluding carboxylic acids is 2. The number of carbonyl (C=O) groups is 2. The largest absolute Gasteiger partial charge is 0.476 e. The molecule has 1 aromatic rings. The van der Waals surface area contributed by atoms with E-state index in [9.17, 15) is 9.59 Å². The molecular weight excluding hydrogens is 246 g/mol. The highest BCUT2D eigenvalue weighted by Gasteiger charge is 2.25. The van der Waals surface area contributed by atoms with E-state index in [1.165, 1.54) is 0 Å². The molecule has 1 atom stereocenters. The Bertz CT molecular complexity index is 466. The lowest BCUT2D eigenvalue weighted by Crippen LogP contribution is -2.40. The van der Waals surface area contributed by atoms with E-state index < -0.39 is 0 Å². The van der Waals surface area contributed by atoms with E-state index in [1.54, 1.807) is 18.3 Å². The first kappa shape index (κ1) is 13.3. The summed E-state index contributed by atoms with van der Waals surface area (Å²) in [4.78, 5) is 27.2. The molecule has 6 nitrogen and oxygen atoms in total. The molecule has 0 aromatic carbocycles. The highest BCUT2D eigenvalue weighted by atomic mass is 16.5. The number of anilines is 1. The predicted octanol–water partition coefficient (Wildman–Crippen LogP) is 0.945. The van der Waals surface area contributed by atoms with Crippen LogP contribution < -0.4 is 15.4 Å². The van der Waals surface area contributed by atoms with Gasteiger partial charge in [0.25, 0.3) is 0 Å². The zero-order chi connectivity index (χ0) is 13.7. The average molecular weight is 263 g/mol. The van der Waals surface area contributed by atoms with Crippen molar-refractivity contribution in [2.24, 2.45) is 5.92 Å². The Balaban J connectivity index is 2.00. The van der Waals surface area contributed by atoms with Crippen molar-refractivity contribution < 1.29 is 14.3 Å². The number of hydrogen-bond acceptors (Lipinski definition) is 4. The Morgan fingerprint density at radius 1 is 1.63 bits per heavy atom. The predicted molar refractivity (Wildman–Crippen MR) is 69.8 cm³/mol. The van der Waals surface area contributed by atoms with E-state index in [4.69, 9.17) is 4.74 Å². The molecule has 1 fully saturated rings. The van der Waals surface area contributed by atoms with Gasteiger partial charge in [0.05, 0.1) is 12.5 Å². The van der Waals surface area contributed by atoms with E-state index in [1.807, 2.05) is 6.92 Å². The monoisotopic (exact) mass is 263 g/mol. The first-order valence-electron chi connectivity index (χ1n) is 6.36. The summed E-state index contributed by atoms with van der Waals surface area (Å²) < 4.78 is 5.35.